The molecule has 166 valence electrons. The van der Waals surface area contributed by atoms with E-state index in [0.29, 0.717) is 25.2 Å². The number of carbonyl (C=O) groups is 1. The van der Waals surface area contributed by atoms with Crippen LogP contribution in [0.5, 0.6) is 0 Å². The van der Waals surface area contributed by atoms with Gasteiger partial charge in [-0.1, -0.05) is 25.1 Å². The van der Waals surface area contributed by atoms with Gasteiger partial charge in [0.05, 0.1) is 12.2 Å². The number of aromatic amines is 1. The Labute approximate surface area is 184 Å². The Bertz CT molecular complexity index is 936. The van der Waals surface area contributed by atoms with Gasteiger partial charge in [0.25, 0.3) is 0 Å². The van der Waals surface area contributed by atoms with Gasteiger partial charge in [-0.15, -0.1) is 0 Å². The number of rotatable bonds is 9. The summed E-state index contributed by atoms with van der Waals surface area (Å²) in [6, 6.07) is 8.37. The fraction of sp³-hybridized carbons (Fsp3) is 0.480. The molecular weight excluding hydrogens is 391 g/mol. The summed E-state index contributed by atoms with van der Waals surface area (Å²) in [6.07, 6.45) is 6.45. The SMILES string of the molecule is CCc1cccc2c1CCN(CC(F)CCNCC(=O)c1cc3c([nH]1)C=CC3)CCN2. The van der Waals surface area contributed by atoms with Crippen LogP contribution >= 0.6 is 0 Å². The van der Waals surface area contributed by atoms with Crippen molar-refractivity contribution < 1.29 is 9.18 Å². The van der Waals surface area contributed by atoms with Crippen molar-refractivity contribution in [3.8, 4) is 0 Å². The van der Waals surface area contributed by atoms with E-state index < -0.39 is 6.17 Å². The zero-order valence-corrected chi connectivity index (χ0v) is 18.3. The summed E-state index contributed by atoms with van der Waals surface area (Å²) >= 11 is 0. The number of benzene rings is 1. The van der Waals surface area contributed by atoms with E-state index in [2.05, 4.69) is 51.7 Å². The number of anilines is 1. The van der Waals surface area contributed by atoms with Crippen molar-refractivity contribution in [2.75, 3.05) is 44.6 Å². The highest BCUT2D eigenvalue weighted by atomic mass is 19.1. The number of carbonyl (C=O) groups excluding carboxylic acids is 1. The second-order valence-electron chi connectivity index (χ2n) is 8.49. The average molecular weight is 425 g/mol. The third-order valence-corrected chi connectivity index (χ3v) is 6.31. The van der Waals surface area contributed by atoms with Gasteiger partial charge >= 0.3 is 0 Å². The van der Waals surface area contributed by atoms with Gasteiger partial charge < -0.3 is 15.6 Å². The van der Waals surface area contributed by atoms with Crippen molar-refractivity contribution in [1.29, 1.82) is 0 Å². The first-order chi connectivity index (χ1) is 15.1. The molecule has 1 unspecified atom stereocenters. The quantitative estimate of drug-likeness (QED) is 0.425. The highest BCUT2D eigenvalue weighted by Crippen LogP contribution is 2.23. The lowest BCUT2D eigenvalue weighted by molar-refractivity contribution is 0.0985. The molecule has 1 atom stereocenters. The number of Topliss-reactive ketones (excluding diaryl/α,β-unsaturated/α-hetero) is 1. The molecule has 2 heterocycles. The van der Waals surface area contributed by atoms with Crippen LogP contribution in [0.3, 0.4) is 0 Å². The topological polar surface area (TPSA) is 60.2 Å². The number of ketones is 1. The van der Waals surface area contributed by atoms with E-state index in [-0.39, 0.29) is 12.3 Å². The molecule has 1 aromatic heterocycles. The van der Waals surface area contributed by atoms with Gasteiger partial charge in [-0.3, -0.25) is 9.69 Å². The number of aromatic nitrogens is 1. The maximum Gasteiger partial charge on any atom is 0.192 e. The van der Waals surface area contributed by atoms with E-state index in [9.17, 15) is 9.18 Å². The van der Waals surface area contributed by atoms with Crippen LogP contribution in [0.1, 0.15) is 46.2 Å². The molecule has 1 aromatic carbocycles. The molecule has 0 saturated carbocycles. The van der Waals surface area contributed by atoms with Crippen LogP contribution in [0.2, 0.25) is 0 Å². The molecule has 1 aliphatic carbocycles. The molecular formula is C25H33FN4O. The molecule has 4 rings (SSSR count). The zero-order chi connectivity index (χ0) is 21.6. The van der Waals surface area contributed by atoms with Crippen molar-refractivity contribution in [1.82, 2.24) is 15.2 Å². The Balaban J connectivity index is 1.18. The minimum atomic E-state index is -0.901. The van der Waals surface area contributed by atoms with Crippen molar-refractivity contribution in [2.24, 2.45) is 0 Å². The molecule has 1 aliphatic heterocycles. The Morgan fingerprint density at radius 1 is 1.32 bits per heavy atom. The van der Waals surface area contributed by atoms with Gasteiger partial charge in [-0.2, -0.15) is 0 Å². The maximum absolute atomic E-state index is 14.6. The molecule has 2 aliphatic rings. The largest absolute Gasteiger partial charge is 0.384 e. The van der Waals surface area contributed by atoms with Gasteiger partial charge in [0.2, 0.25) is 0 Å². The van der Waals surface area contributed by atoms with Gasteiger partial charge in [0.15, 0.2) is 5.78 Å². The van der Waals surface area contributed by atoms with Crippen LogP contribution in [-0.4, -0.2) is 61.1 Å². The fourth-order valence-electron chi connectivity index (χ4n) is 4.55. The Hall–Kier alpha value is -2.44. The number of halogens is 1. The predicted molar refractivity (Wildman–Crippen MR) is 125 cm³/mol. The van der Waals surface area contributed by atoms with E-state index in [0.717, 1.165) is 44.6 Å². The molecule has 6 heteroatoms. The number of nitrogens with zero attached hydrogens (tertiary/aromatic N) is 1. The highest BCUT2D eigenvalue weighted by Gasteiger charge is 2.18. The predicted octanol–water partition coefficient (Wildman–Crippen LogP) is 3.62. The standard InChI is InChI=1S/C25H33FN4O/c1-2-18-5-3-8-23-21(18)10-13-30(14-12-28-23)17-20(26)9-11-27-16-25(31)24-15-19-6-4-7-22(19)29-24/h3-5,7-8,15,20,27-29H,2,6,9-14,16-17H2,1H3. The van der Waals surface area contributed by atoms with Gasteiger partial charge in [0, 0.05) is 37.6 Å². The number of hydrogen-bond donors (Lipinski definition) is 3. The first-order valence-electron chi connectivity index (χ1n) is 11.5. The van der Waals surface area contributed by atoms with Crippen LogP contribution in [0.15, 0.2) is 30.3 Å². The summed E-state index contributed by atoms with van der Waals surface area (Å²) in [4.78, 5) is 17.7. The average Bonchev–Trinajstić information content (AvgIpc) is 3.35. The minimum Gasteiger partial charge on any atom is -0.384 e. The summed E-state index contributed by atoms with van der Waals surface area (Å²) in [5.74, 6) is 0.0263. The van der Waals surface area contributed by atoms with Gasteiger partial charge in [-0.05, 0) is 67.1 Å². The Kier molecular flexibility index (Phi) is 7.20. The molecule has 0 amide bonds. The van der Waals surface area contributed by atoms with Crippen LogP contribution in [-0.2, 0) is 19.3 Å². The summed E-state index contributed by atoms with van der Waals surface area (Å²) in [5.41, 5.74) is 6.82. The van der Waals surface area contributed by atoms with Crippen LogP contribution in [0.25, 0.3) is 6.08 Å². The van der Waals surface area contributed by atoms with Crippen molar-refractivity contribution in [3.05, 3.63) is 58.4 Å². The van der Waals surface area contributed by atoms with Gasteiger partial charge in [-0.25, -0.2) is 4.39 Å². The second-order valence-corrected chi connectivity index (χ2v) is 8.49. The molecule has 0 radical (unpaired) electrons. The van der Waals surface area contributed by atoms with E-state index >= 15 is 0 Å². The zero-order valence-electron chi connectivity index (χ0n) is 18.3. The Morgan fingerprint density at radius 2 is 2.23 bits per heavy atom. The van der Waals surface area contributed by atoms with Crippen molar-refractivity contribution >= 4 is 17.5 Å². The fourth-order valence-corrected chi connectivity index (χ4v) is 4.55. The molecule has 5 nitrogen and oxygen atoms in total. The summed E-state index contributed by atoms with van der Waals surface area (Å²) in [6.45, 7) is 5.91. The smallest absolute Gasteiger partial charge is 0.192 e. The lowest BCUT2D eigenvalue weighted by Crippen LogP contribution is -2.38. The van der Waals surface area contributed by atoms with Crippen LogP contribution in [0.4, 0.5) is 10.1 Å². The number of H-pyrrole nitrogens is 1. The first kappa shape index (κ1) is 21.8. The normalized spacial score (nSPS) is 16.8. The van der Waals surface area contributed by atoms with Gasteiger partial charge in [0.1, 0.15) is 6.17 Å². The molecule has 0 saturated heterocycles. The van der Waals surface area contributed by atoms with E-state index in [1.54, 1.807) is 0 Å². The third-order valence-electron chi connectivity index (χ3n) is 6.31. The number of hydrogen-bond acceptors (Lipinski definition) is 4. The minimum absolute atomic E-state index is 0.0263. The highest BCUT2D eigenvalue weighted by molar-refractivity contribution is 5.96. The van der Waals surface area contributed by atoms with Crippen LogP contribution in [0, 0.1) is 0 Å². The maximum atomic E-state index is 14.6. The summed E-state index contributed by atoms with van der Waals surface area (Å²) in [7, 11) is 0. The summed E-state index contributed by atoms with van der Waals surface area (Å²) < 4.78 is 14.6. The van der Waals surface area contributed by atoms with E-state index in [1.165, 1.54) is 22.4 Å². The number of fused-ring (bicyclic) bond motifs is 2. The third kappa shape index (κ3) is 5.43. The number of aryl methyl sites for hydroxylation is 1. The second kappa shape index (κ2) is 10.2. The molecule has 0 spiro atoms. The molecule has 3 N–H and O–H groups in total. The van der Waals surface area contributed by atoms with E-state index in [4.69, 9.17) is 0 Å². The number of allylic oxidation sites excluding steroid dienone is 1. The molecule has 0 bridgehead atoms. The van der Waals surface area contributed by atoms with Crippen LogP contribution < -0.4 is 10.6 Å². The summed E-state index contributed by atoms with van der Waals surface area (Å²) in [5, 5.41) is 6.62. The number of nitrogens with one attached hydrogen (secondary N) is 3. The van der Waals surface area contributed by atoms with E-state index in [1.807, 2.05) is 12.1 Å². The first-order valence-corrected chi connectivity index (χ1v) is 11.5. The molecule has 2 aromatic rings. The Morgan fingerprint density at radius 3 is 3.06 bits per heavy atom. The lowest BCUT2D eigenvalue weighted by Gasteiger charge is -2.28. The monoisotopic (exact) mass is 424 g/mol. The molecule has 31 heavy (non-hydrogen) atoms. The van der Waals surface area contributed by atoms with Crippen molar-refractivity contribution in [3.63, 3.8) is 0 Å². The number of alkyl halides is 1. The lowest BCUT2D eigenvalue weighted by atomic mass is 9.99. The molecule has 0 fully saturated rings. The van der Waals surface area contributed by atoms with Crippen molar-refractivity contribution in [2.45, 2.75) is 38.8 Å².